The van der Waals surface area contributed by atoms with E-state index in [4.69, 9.17) is 0 Å². The van der Waals surface area contributed by atoms with E-state index in [-0.39, 0.29) is 16.9 Å². The second-order valence-corrected chi connectivity index (χ2v) is 6.15. The number of carbonyl (C=O) groups is 2. The number of benzene rings is 2. The molecule has 22 heavy (non-hydrogen) atoms. The molecule has 0 unspecified atom stereocenters. The van der Waals surface area contributed by atoms with Crippen molar-refractivity contribution in [2.24, 2.45) is 0 Å². The first kappa shape index (κ1) is 15.8. The topological polar surface area (TPSA) is 69.2 Å². The molecule has 0 aliphatic heterocycles. The molecule has 0 saturated heterocycles. The lowest BCUT2D eigenvalue weighted by Crippen LogP contribution is -2.22. The zero-order chi connectivity index (χ0) is 16.3. The highest BCUT2D eigenvalue weighted by atomic mass is 16.4. The van der Waals surface area contributed by atoms with E-state index in [0.717, 1.165) is 5.56 Å². The van der Waals surface area contributed by atoms with Gasteiger partial charge in [-0.15, -0.1) is 0 Å². The standard InChI is InChI=1S/C18H19NO3/c1-18(2,3)14-9-7-12(8-10-14)16(20)19-15-6-4-5-13(11-15)17(21)22/h4-11H,1-3H3,(H,19,20)(H,21,22)/p-1. The van der Waals surface area contributed by atoms with E-state index in [1.54, 1.807) is 24.3 Å². The Bertz CT molecular complexity index is 697. The van der Waals surface area contributed by atoms with Crippen LogP contribution < -0.4 is 10.4 Å². The average Bonchev–Trinajstić information content (AvgIpc) is 2.46. The van der Waals surface area contributed by atoms with Crippen molar-refractivity contribution in [3.05, 3.63) is 65.2 Å². The largest absolute Gasteiger partial charge is 0.545 e. The van der Waals surface area contributed by atoms with E-state index in [1.165, 1.54) is 12.1 Å². The van der Waals surface area contributed by atoms with Gasteiger partial charge in [0.05, 0.1) is 5.97 Å². The Labute approximate surface area is 129 Å². The van der Waals surface area contributed by atoms with Gasteiger partial charge in [-0.25, -0.2) is 0 Å². The smallest absolute Gasteiger partial charge is 0.255 e. The molecule has 0 spiro atoms. The first-order valence-electron chi connectivity index (χ1n) is 7.01. The zero-order valence-corrected chi connectivity index (χ0v) is 12.8. The number of amides is 1. The molecule has 0 aliphatic rings. The maximum absolute atomic E-state index is 12.2. The van der Waals surface area contributed by atoms with Gasteiger partial charge in [-0.1, -0.05) is 45.0 Å². The van der Waals surface area contributed by atoms with Gasteiger partial charge >= 0.3 is 0 Å². The summed E-state index contributed by atoms with van der Waals surface area (Å²) < 4.78 is 0. The summed E-state index contributed by atoms with van der Waals surface area (Å²) in [5.41, 5.74) is 2.14. The number of anilines is 1. The number of aromatic carboxylic acids is 1. The maximum atomic E-state index is 12.2. The van der Waals surface area contributed by atoms with Gasteiger partial charge in [0.25, 0.3) is 5.91 Å². The Hall–Kier alpha value is -2.62. The summed E-state index contributed by atoms with van der Waals surface area (Å²) in [6.45, 7) is 6.31. The van der Waals surface area contributed by atoms with Gasteiger partial charge in [-0.3, -0.25) is 4.79 Å². The Balaban J connectivity index is 2.15. The number of hydrogen-bond donors (Lipinski definition) is 1. The molecule has 114 valence electrons. The first-order chi connectivity index (χ1) is 10.3. The maximum Gasteiger partial charge on any atom is 0.255 e. The molecule has 0 radical (unpaired) electrons. The van der Waals surface area contributed by atoms with Crippen LogP contribution in [0, 0.1) is 0 Å². The predicted molar refractivity (Wildman–Crippen MR) is 83.9 cm³/mol. The van der Waals surface area contributed by atoms with Crippen LogP contribution in [0.2, 0.25) is 0 Å². The van der Waals surface area contributed by atoms with Crippen LogP contribution in [0.4, 0.5) is 5.69 Å². The minimum absolute atomic E-state index is 0.0256. The van der Waals surface area contributed by atoms with Crippen LogP contribution in [-0.4, -0.2) is 11.9 Å². The summed E-state index contributed by atoms with van der Waals surface area (Å²) in [5.74, 6) is -1.55. The molecule has 0 heterocycles. The van der Waals surface area contributed by atoms with Gasteiger partial charge in [0.1, 0.15) is 0 Å². The van der Waals surface area contributed by atoms with Gasteiger partial charge in [-0.05, 0) is 40.8 Å². The summed E-state index contributed by atoms with van der Waals surface area (Å²) in [6.07, 6.45) is 0. The van der Waals surface area contributed by atoms with Gasteiger partial charge < -0.3 is 15.2 Å². The van der Waals surface area contributed by atoms with Crippen molar-refractivity contribution in [2.75, 3.05) is 5.32 Å². The summed E-state index contributed by atoms with van der Waals surface area (Å²) in [7, 11) is 0. The van der Waals surface area contributed by atoms with Crippen molar-refractivity contribution >= 4 is 17.6 Å². The van der Waals surface area contributed by atoms with Crippen molar-refractivity contribution in [1.29, 1.82) is 0 Å². The third-order valence-electron chi connectivity index (χ3n) is 3.37. The molecule has 2 aromatic rings. The van der Waals surface area contributed by atoms with Crippen LogP contribution >= 0.6 is 0 Å². The van der Waals surface area contributed by atoms with Crippen LogP contribution in [0.1, 0.15) is 47.1 Å². The molecule has 4 heteroatoms. The molecule has 0 saturated carbocycles. The fraction of sp³-hybridized carbons (Fsp3) is 0.222. The molecule has 0 bridgehead atoms. The highest BCUT2D eigenvalue weighted by molar-refractivity contribution is 6.04. The van der Waals surface area contributed by atoms with Gasteiger partial charge in [0.2, 0.25) is 0 Å². The SMILES string of the molecule is CC(C)(C)c1ccc(C(=O)Nc2cccc(C(=O)[O-])c2)cc1. The van der Waals surface area contributed by atoms with Crippen LogP contribution in [0.3, 0.4) is 0 Å². The summed E-state index contributed by atoms with van der Waals surface area (Å²) >= 11 is 0. The summed E-state index contributed by atoms with van der Waals surface area (Å²) in [4.78, 5) is 23.0. The molecule has 0 aliphatic carbocycles. The van der Waals surface area contributed by atoms with Crippen molar-refractivity contribution in [3.63, 3.8) is 0 Å². The number of nitrogens with one attached hydrogen (secondary N) is 1. The van der Waals surface area contributed by atoms with Gasteiger partial charge in [0, 0.05) is 11.3 Å². The quantitative estimate of drug-likeness (QED) is 0.946. The van der Waals surface area contributed by atoms with Crippen LogP contribution in [-0.2, 0) is 5.41 Å². The highest BCUT2D eigenvalue weighted by Gasteiger charge is 2.14. The third kappa shape index (κ3) is 3.73. The molecule has 0 aromatic heterocycles. The van der Waals surface area contributed by atoms with E-state index in [9.17, 15) is 14.7 Å². The summed E-state index contributed by atoms with van der Waals surface area (Å²) in [5, 5.41) is 13.5. The van der Waals surface area contributed by atoms with Crippen molar-refractivity contribution in [2.45, 2.75) is 26.2 Å². The molecule has 1 N–H and O–H groups in total. The number of rotatable bonds is 3. The van der Waals surface area contributed by atoms with E-state index >= 15 is 0 Å². The molecule has 1 amide bonds. The molecule has 2 rings (SSSR count). The Morgan fingerprint density at radius 2 is 1.59 bits per heavy atom. The minimum Gasteiger partial charge on any atom is -0.545 e. The Morgan fingerprint density at radius 1 is 0.955 bits per heavy atom. The van der Waals surface area contributed by atoms with Crippen LogP contribution in [0.25, 0.3) is 0 Å². The summed E-state index contributed by atoms with van der Waals surface area (Å²) in [6, 6.07) is 13.4. The first-order valence-corrected chi connectivity index (χ1v) is 7.01. The molecule has 4 nitrogen and oxygen atoms in total. The number of carbonyl (C=O) groups excluding carboxylic acids is 2. The normalized spacial score (nSPS) is 11.0. The molecule has 0 fully saturated rings. The Kier molecular flexibility index (Phi) is 4.31. The third-order valence-corrected chi connectivity index (χ3v) is 3.37. The number of carboxylic acids is 1. The average molecular weight is 296 g/mol. The van der Waals surface area contributed by atoms with E-state index in [2.05, 4.69) is 26.1 Å². The molecule has 0 atom stereocenters. The lowest BCUT2D eigenvalue weighted by atomic mass is 9.87. The second-order valence-electron chi connectivity index (χ2n) is 6.15. The number of carboxylic acid groups (broad SMARTS) is 1. The van der Waals surface area contributed by atoms with Crippen molar-refractivity contribution in [3.8, 4) is 0 Å². The fourth-order valence-corrected chi connectivity index (χ4v) is 2.05. The second kappa shape index (κ2) is 6.02. The molecule has 2 aromatic carbocycles. The Morgan fingerprint density at radius 3 is 2.14 bits per heavy atom. The zero-order valence-electron chi connectivity index (χ0n) is 12.8. The number of hydrogen-bond acceptors (Lipinski definition) is 3. The lowest BCUT2D eigenvalue weighted by Gasteiger charge is -2.19. The highest BCUT2D eigenvalue weighted by Crippen LogP contribution is 2.22. The fourth-order valence-electron chi connectivity index (χ4n) is 2.05. The monoisotopic (exact) mass is 296 g/mol. The van der Waals surface area contributed by atoms with Crippen molar-refractivity contribution in [1.82, 2.24) is 0 Å². The minimum atomic E-state index is -1.27. The van der Waals surface area contributed by atoms with Gasteiger partial charge in [0.15, 0.2) is 0 Å². The van der Waals surface area contributed by atoms with E-state index in [1.807, 2.05) is 12.1 Å². The molecular weight excluding hydrogens is 278 g/mol. The van der Waals surface area contributed by atoms with E-state index in [0.29, 0.717) is 11.3 Å². The lowest BCUT2D eigenvalue weighted by molar-refractivity contribution is -0.255. The predicted octanol–water partition coefficient (Wildman–Crippen LogP) is 2.60. The molecular formula is C18H18NO3-. The van der Waals surface area contributed by atoms with Crippen LogP contribution in [0.5, 0.6) is 0 Å². The van der Waals surface area contributed by atoms with Crippen molar-refractivity contribution < 1.29 is 14.7 Å². The van der Waals surface area contributed by atoms with Gasteiger partial charge in [-0.2, -0.15) is 0 Å². The van der Waals surface area contributed by atoms with Crippen LogP contribution in [0.15, 0.2) is 48.5 Å². The van der Waals surface area contributed by atoms with E-state index < -0.39 is 5.97 Å².